The molecule has 0 unspecified atom stereocenters. The zero-order valence-electron chi connectivity index (χ0n) is 18.6. The first-order chi connectivity index (χ1) is 15.7. The van der Waals surface area contributed by atoms with Crippen LogP contribution in [0.1, 0.15) is 37.4 Å². The maximum atomic E-state index is 14.3. The lowest BCUT2D eigenvalue weighted by atomic mass is 10.1. The van der Waals surface area contributed by atoms with Crippen LogP contribution in [0.25, 0.3) is 21.9 Å². The maximum Gasteiger partial charge on any atom is 0.268 e. The van der Waals surface area contributed by atoms with Crippen LogP contribution >= 0.6 is 11.3 Å². The normalized spacial score (nSPS) is 12.3. The van der Waals surface area contributed by atoms with E-state index < -0.39 is 11.6 Å². The fraction of sp³-hybridized carbons (Fsp3) is 0.304. The average molecular weight is 472 g/mol. The van der Waals surface area contributed by atoms with Gasteiger partial charge in [0.15, 0.2) is 4.96 Å². The molecule has 0 aliphatic carbocycles. The van der Waals surface area contributed by atoms with E-state index in [9.17, 15) is 18.4 Å². The number of halogens is 2. The standard InChI is InChI=1S/C23H23F2N5O2S/c1-5-12(2)26-20(31)10-16-11-33-23-27-14(4)21(22(32)29(16)23)18-8-13(3)30(28-18)19-9-15(24)6-7-17(19)25/h6-9,11-12H,5,10H2,1-4H3,(H,26,31)/t12-/m0/s1. The van der Waals surface area contributed by atoms with Crippen LogP contribution in [0.3, 0.4) is 0 Å². The van der Waals surface area contributed by atoms with Gasteiger partial charge in [0.1, 0.15) is 23.0 Å². The molecule has 0 spiro atoms. The van der Waals surface area contributed by atoms with Gasteiger partial charge in [0, 0.05) is 28.9 Å². The number of hydrogen-bond donors (Lipinski definition) is 1. The molecule has 0 saturated heterocycles. The van der Waals surface area contributed by atoms with Crippen molar-refractivity contribution in [2.24, 2.45) is 0 Å². The largest absolute Gasteiger partial charge is 0.353 e. The van der Waals surface area contributed by atoms with E-state index in [1.807, 2.05) is 13.8 Å². The van der Waals surface area contributed by atoms with Gasteiger partial charge < -0.3 is 5.32 Å². The van der Waals surface area contributed by atoms with E-state index in [1.165, 1.54) is 20.4 Å². The zero-order valence-corrected chi connectivity index (χ0v) is 19.5. The van der Waals surface area contributed by atoms with Gasteiger partial charge in [0.05, 0.1) is 17.7 Å². The molecule has 1 N–H and O–H groups in total. The Morgan fingerprint density at radius 1 is 1.24 bits per heavy atom. The summed E-state index contributed by atoms with van der Waals surface area (Å²) in [5, 5.41) is 9.03. The molecule has 0 saturated carbocycles. The summed E-state index contributed by atoms with van der Waals surface area (Å²) in [5.41, 5.74) is 1.63. The third-order valence-electron chi connectivity index (χ3n) is 5.46. The van der Waals surface area contributed by atoms with Crippen molar-refractivity contribution in [3.05, 3.63) is 68.7 Å². The molecule has 1 aromatic carbocycles. The van der Waals surface area contributed by atoms with E-state index in [4.69, 9.17) is 0 Å². The fourth-order valence-electron chi connectivity index (χ4n) is 3.61. The van der Waals surface area contributed by atoms with Gasteiger partial charge in [-0.1, -0.05) is 6.92 Å². The van der Waals surface area contributed by atoms with Crippen molar-refractivity contribution in [1.29, 1.82) is 0 Å². The molecule has 3 aromatic heterocycles. The summed E-state index contributed by atoms with van der Waals surface area (Å²) in [6.45, 7) is 7.28. The number of fused-ring (bicyclic) bond motifs is 1. The van der Waals surface area contributed by atoms with Gasteiger partial charge in [-0.15, -0.1) is 11.3 Å². The first-order valence-electron chi connectivity index (χ1n) is 10.5. The fourth-order valence-corrected chi connectivity index (χ4v) is 4.53. The minimum Gasteiger partial charge on any atom is -0.353 e. The van der Waals surface area contributed by atoms with Crippen molar-refractivity contribution in [3.63, 3.8) is 0 Å². The van der Waals surface area contributed by atoms with Gasteiger partial charge >= 0.3 is 0 Å². The number of carbonyl (C=O) groups is 1. The van der Waals surface area contributed by atoms with E-state index in [0.717, 1.165) is 24.6 Å². The Balaban J connectivity index is 1.80. The minimum atomic E-state index is -0.636. The van der Waals surface area contributed by atoms with E-state index >= 15 is 0 Å². The van der Waals surface area contributed by atoms with Gasteiger partial charge in [0.2, 0.25) is 5.91 Å². The number of hydrogen-bond acceptors (Lipinski definition) is 5. The van der Waals surface area contributed by atoms with Crippen molar-refractivity contribution in [1.82, 2.24) is 24.5 Å². The zero-order chi connectivity index (χ0) is 23.9. The predicted octanol–water partition coefficient (Wildman–Crippen LogP) is 3.96. The molecule has 33 heavy (non-hydrogen) atoms. The lowest BCUT2D eigenvalue weighted by Crippen LogP contribution is -2.34. The van der Waals surface area contributed by atoms with Crippen LogP contribution in [-0.2, 0) is 11.2 Å². The Labute approximate surface area is 192 Å². The molecule has 4 aromatic rings. The number of benzene rings is 1. The third kappa shape index (κ3) is 4.30. The second-order valence-electron chi connectivity index (χ2n) is 7.95. The molecular formula is C23H23F2N5O2S. The monoisotopic (exact) mass is 471 g/mol. The molecule has 3 heterocycles. The molecule has 1 atom stereocenters. The number of aromatic nitrogens is 4. The quantitative estimate of drug-likeness (QED) is 0.462. The predicted molar refractivity (Wildman–Crippen MR) is 123 cm³/mol. The molecule has 10 heteroatoms. The maximum absolute atomic E-state index is 14.3. The molecule has 7 nitrogen and oxygen atoms in total. The number of amides is 1. The van der Waals surface area contributed by atoms with Gasteiger partial charge in [0.25, 0.3) is 5.56 Å². The Kier molecular flexibility index (Phi) is 6.11. The summed E-state index contributed by atoms with van der Waals surface area (Å²) >= 11 is 1.28. The molecule has 1 amide bonds. The van der Waals surface area contributed by atoms with E-state index in [-0.39, 0.29) is 35.2 Å². The topological polar surface area (TPSA) is 81.3 Å². The second-order valence-corrected chi connectivity index (χ2v) is 8.79. The second kappa shape index (κ2) is 8.86. The van der Waals surface area contributed by atoms with Crippen molar-refractivity contribution >= 4 is 22.2 Å². The number of thiazole rings is 1. The first-order valence-corrected chi connectivity index (χ1v) is 11.4. The van der Waals surface area contributed by atoms with Gasteiger partial charge in [-0.05, 0) is 45.4 Å². The summed E-state index contributed by atoms with van der Waals surface area (Å²) in [6.07, 6.45) is 0.839. The van der Waals surface area contributed by atoms with Gasteiger partial charge in [-0.2, -0.15) is 5.10 Å². The molecule has 0 fully saturated rings. The van der Waals surface area contributed by atoms with E-state index in [0.29, 0.717) is 27.7 Å². The Morgan fingerprint density at radius 2 is 2.00 bits per heavy atom. The molecule has 0 aliphatic heterocycles. The number of rotatable bonds is 6. The van der Waals surface area contributed by atoms with Crippen LogP contribution < -0.4 is 10.9 Å². The minimum absolute atomic E-state index is 0.0326. The molecule has 0 radical (unpaired) electrons. The number of nitrogens with zero attached hydrogens (tertiary/aromatic N) is 4. The molecule has 0 bridgehead atoms. The molecule has 4 rings (SSSR count). The molecule has 0 aliphatic rings. The van der Waals surface area contributed by atoms with Gasteiger partial charge in [-0.3, -0.25) is 14.0 Å². The lowest BCUT2D eigenvalue weighted by Gasteiger charge is -2.11. The summed E-state index contributed by atoms with van der Waals surface area (Å²) in [5.74, 6) is -1.41. The number of nitrogens with one attached hydrogen (secondary N) is 1. The van der Waals surface area contributed by atoms with Crippen LogP contribution in [-0.4, -0.2) is 31.1 Å². The van der Waals surface area contributed by atoms with Crippen LogP contribution in [0, 0.1) is 25.5 Å². The summed E-state index contributed by atoms with van der Waals surface area (Å²) in [7, 11) is 0. The highest BCUT2D eigenvalue weighted by Gasteiger charge is 2.21. The highest BCUT2D eigenvalue weighted by molar-refractivity contribution is 7.15. The Bertz CT molecular complexity index is 1420. The third-order valence-corrected chi connectivity index (χ3v) is 6.34. The average Bonchev–Trinajstić information content (AvgIpc) is 3.33. The van der Waals surface area contributed by atoms with Crippen molar-refractivity contribution in [3.8, 4) is 16.9 Å². The van der Waals surface area contributed by atoms with Crippen LogP contribution in [0.2, 0.25) is 0 Å². The Hall–Kier alpha value is -3.40. The highest BCUT2D eigenvalue weighted by Crippen LogP contribution is 2.24. The first kappa shape index (κ1) is 22.8. The van der Waals surface area contributed by atoms with Crippen LogP contribution in [0.5, 0.6) is 0 Å². The van der Waals surface area contributed by atoms with Crippen LogP contribution in [0.4, 0.5) is 8.78 Å². The van der Waals surface area contributed by atoms with E-state index in [1.54, 1.807) is 25.3 Å². The van der Waals surface area contributed by atoms with Crippen molar-refractivity contribution < 1.29 is 13.6 Å². The summed E-state index contributed by atoms with van der Waals surface area (Å²) in [4.78, 5) is 30.9. The SMILES string of the molecule is CC[C@H](C)NC(=O)Cc1csc2nc(C)c(-c3cc(C)n(-c4cc(F)ccc4F)n3)c(=O)n12. The lowest BCUT2D eigenvalue weighted by molar-refractivity contribution is -0.121. The molecule has 172 valence electrons. The highest BCUT2D eigenvalue weighted by atomic mass is 32.1. The van der Waals surface area contributed by atoms with Crippen LogP contribution in [0.15, 0.2) is 34.4 Å². The van der Waals surface area contributed by atoms with E-state index in [2.05, 4.69) is 15.4 Å². The van der Waals surface area contributed by atoms with Crippen molar-refractivity contribution in [2.45, 2.75) is 46.6 Å². The number of carbonyl (C=O) groups excluding carboxylic acids is 1. The molecular weight excluding hydrogens is 448 g/mol. The van der Waals surface area contributed by atoms with Crippen molar-refractivity contribution in [2.75, 3.05) is 0 Å². The smallest absolute Gasteiger partial charge is 0.268 e. The van der Waals surface area contributed by atoms with Gasteiger partial charge in [-0.25, -0.2) is 18.4 Å². The number of aryl methyl sites for hydroxylation is 2. The summed E-state index contributed by atoms with van der Waals surface area (Å²) in [6, 6.07) is 4.77. The summed E-state index contributed by atoms with van der Waals surface area (Å²) < 4.78 is 30.7. The Morgan fingerprint density at radius 3 is 2.73 bits per heavy atom.